The summed E-state index contributed by atoms with van der Waals surface area (Å²) in [6.45, 7) is 6.98. The molecule has 0 aromatic carbocycles. The molecule has 1 aromatic heterocycles. The average molecular weight is 359 g/mol. The number of carbonyl (C=O) groups is 1. The minimum absolute atomic E-state index is 0.300. The first-order chi connectivity index (χ1) is 12.6. The van der Waals surface area contributed by atoms with Gasteiger partial charge in [-0.3, -0.25) is 9.69 Å². The lowest BCUT2D eigenvalue weighted by atomic mass is 9.96. The van der Waals surface area contributed by atoms with E-state index in [0.29, 0.717) is 53.6 Å². The lowest BCUT2D eigenvalue weighted by Gasteiger charge is -2.42. The topological polar surface area (TPSA) is 65.7 Å². The highest BCUT2D eigenvalue weighted by molar-refractivity contribution is 5.82. The number of likely N-dealkylation sites (tertiary alicyclic amines) is 1. The molecule has 7 nitrogen and oxygen atoms in total. The Bertz CT molecular complexity index is 680. The highest BCUT2D eigenvalue weighted by Gasteiger charge is 2.61. The Kier molecular flexibility index (Phi) is 3.78. The van der Waals surface area contributed by atoms with Gasteiger partial charge in [-0.15, -0.1) is 0 Å². The average Bonchev–Trinajstić information content (AvgIpc) is 2.97. The summed E-state index contributed by atoms with van der Waals surface area (Å²) < 4.78 is 5.45. The molecule has 2 unspecified atom stereocenters. The minimum atomic E-state index is 0.300. The quantitative estimate of drug-likeness (QED) is 0.812. The summed E-state index contributed by atoms with van der Waals surface area (Å²) in [5, 5.41) is 3.97. The summed E-state index contributed by atoms with van der Waals surface area (Å²) in [6.07, 6.45) is 4.83. The monoisotopic (exact) mass is 359 g/mol. The van der Waals surface area contributed by atoms with Crippen LogP contribution in [0.4, 0.5) is 6.01 Å². The van der Waals surface area contributed by atoms with Crippen LogP contribution in [0, 0.1) is 24.7 Å². The highest BCUT2D eigenvalue weighted by atomic mass is 16.5. The van der Waals surface area contributed by atoms with Gasteiger partial charge in [0.05, 0.1) is 0 Å². The third-order valence-corrected chi connectivity index (χ3v) is 7.32. The van der Waals surface area contributed by atoms with Crippen LogP contribution in [0.1, 0.15) is 38.4 Å². The minimum Gasteiger partial charge on any atom is -0.346 e. The van der Waals surface area contributed by atoms with Crippen molar-refractivity contribution in [3.8, 4) is 0 Å². The summed E-state index contributed by atoms with van der Waals surface area (Å²) in [5.74, 6) is 2.59. The number of carbonyl (C=O) groups excluding carboxylic acids is 1. The third-order valence-electron chi connectivity index (χ3n) is 7.32. The molecule has 0 spiro atoms. The van der Waals surface area contributed by atoms with Gasteiger partial charge < -0.3 is 14.3 Å². The smallest absolute Gasteiger partial charge is 0.324 e. The standard InChI is InChI=1S/C19H29N5O2/c1-4-22(3)18(25)17-15-9-23(10-16(15)17)14-7-12-5-6-13(8-14)24(12)19-20-11(2)21-26-19/h12-17H,4-10H2,1-3H3/t12?,13?,14?,15-,16+,17+. The van der Waals surface area contributed by atoms with Crippen molar-refractivity contribution in [2.24, 2.45) is 17.8 Å². The van der Waals surface area contributed by atoms with Crippen LogP contribution in [0.2, 0.25) is 0 Å². The lowest BCUT2D eigenvalue weighted by Crippen LogP contribution is -2.51. The zero-order valence-electron chi connectivity index (χ0n) is 16.0. The van der Waals surface area contributed by atoms with Crippen molar-refractivity contribution in [2.45, 2.75) is 57.7 Å². The number of amides is 1. The van der Waals surface area contributed by atoms with Gasteiger partial charge in [-0.1, -0.05) is 5.16 Å². The maximum Gasteiger partial charge on any atom is 0.324 e. The number of hydrogen-bond acceptors (Lipinski definition) is 6. The Morgan fingerprint density at radius 3 is 2.38 bits per heavy atom. The van der Waals surface area contributed by atoms with E-state index in [1.807, 2.05) is 18.9 Å². The molecular weight excluding hydrogens is 330 g/mol. The molecule has 0 N–H and O–H groups in total. The molecule has 4 aliphatic rings. The molecule has 1 aliphatic carbocycles. The Balaban J connectivity index is 1.21. The van der Waals surface area contributed by atoms with E-state index in [2.05, 4.69) is 26.9 Å². The molecule has 4 heterocycles. The fourth-order valence-electron chi connectivity index (χ4n) is 5.78. The zero-order chi connectivity index (χ0) is 18.0. The predicted molar refractivity (Wildman–Crippen MR) is 96.7 cm³/mol. The van der Waals surface area contributed by atoms with Gasteiger partial charge in [-0.2, -0.15) is 4.98 Å². The highest BCUT2D eigenvalue weighted by Crippen LogP contribution is 2.54. The number of aromatic nitrogens is 2. The van der Waals surface area contributed by atoms with Gasteiger partial charge in [0.1, 0.15) is 0 Å². The van der Waals surface area contributed by atoms with E-state index in [1.54, 1.807) is 0 Å². The van der Waals surface area contributed by atoms with E-state index in [-0.39, 0.29) is 0 Å². The first-order valence-electron chi connectivity index (χ1n) is 10.1. The number of piperidine rings is 2. The van der Waals surface area contributed by atoms with Crippen molar-refractivity contribution < 1.29 is 9.32 Å². The first kappa shape index (κ1) is 16.5. The molecular formula is C19H29N5O2. The Morgan fingerprint density at radius 2 is 1.85 bits per heavy atom. The number of anilines is 1. The van der Waals surface area contributed by atoms with E-state index in [9.17, 15) is 4.79 Å². The van der Waals surface area contributed by atoms with Gasteiger partial charge in [0.15, 0.2) is 5.82 Å². The van der Waals surface area contributed by atoms with Gasteiger partial charge in [0, 0.05) is 50.7 Å². The Labute approximate surface area is 154 Å². The zero-order valence-corrected chi connectivity index (χ0v) is 16.0. The summed E-state index contributed by atoms with van der Waals surface area (Å²) in [7, 11) is 1.93. The number of aryl methyl sites for hydroxylation is 1. The summed E-state index contributed by atoms with van der Waals surface area (Å²) >= 11 is 0. The van der Waals surface area contributed by atoms with E-state index in [4.69, 9.17) is 4.52 Å². The summed E-state index contributed by atoms with van der Waals surface area (Å²) in [5.41, 5.74) is 0. The second-order valence-corrected chi connectivity index (χ2v) is 8.70. The molecule has 1 amide bonds. The van der Waals surface area contributed by atoms with E-state index in [1.165, 1.54) is 25.7 Å². The van der Waals surface area contributed by atoms with Gasteiger partial charge >= 0.3 is 6.01 Å². The molecule has 26 heavy (non-hydrogen) atoms. The number of rotatable bonds is 4. The van der Waals surface area contributed by atoms with Gasteiger partial charge in [0.2, 0.25) is 5.91 Å². The fourth-order valence-corrected chi connectivity index (χ4v) is 5.78. The summed E-state index contributed by atoms with van der Waals surface area (Å²) in [4.78, 5) is 23.8. The van der Waals surface area contributed by atoms with Crippen LogP contribution in [-0.4, -0.2) is 70.7 Å². The maximum absolute atomic E-state index is 12.4. The van der Waals surface area contributed by atoms with Gasteiger partial charge in [0.25, 0.3) is 0 Å². The van der Waals surface area contributed by atoms with Crippen molar-refractivity contribution in [1.82, 2.24) is 19.9 Å². The molecule has 3 saturated heterocycles. The van der Waals surface area contributed by atoms with Gasteiger partial charge in [-0.05, 0) is 51.4 Å². The van der Waals surface area contributed by atoms with Crippen molar-refractivity contribution in [3.63, 3.8) is 0 Å². The summed E-state index contributed by atoms with van der Waals surface area (Å²) in [6, 6.07) is 2.42. The van der Waals surface area contributed by atoms with Crippen LogP contribution < -0.4 is 4.90 Å². The second-order valence-electron chi connectivity index (χ2n) is 8.70. The molecule has 2 bridgehead atoms. The first-order valence-corrected chi connectivity index (χ1v) is 10.1. The van der Waals surface area contributed by atoms with Crippen LogP contribution in [0.15, 0.2) is 4.52 Å². The molecule has 3 aliphatic heterocycles. The molecule has 4 fully saturated rings. The molecule has 1 aromatic rings. The third kappa shape index (κ3) is 2.47. The van der Waals surface area contributed by atoms with Crippen LogP contribution in [0.5, 0.6) is 0 Å². The molecule has 0 radical (unpaired) electrons. The normalized spacial score (nSPS) is 38.5. The van der Waals surface area contributed by atoms with Crippen molar-refractivity contribution in [1.29, 1.82) is 0 Å². The molecule has 5 rings (SSSR count). The van der Waals surface area contributed by atoms with Crippen molar-refractivity contribution in [3.05, 3.63) is 5.82 Å². The molecule has 1 saturated carbocycles. The van der Waals surface area contributed by atoms with Crippen molar-refractivity contribution in [2.75, 3.05) is 31.6 Å². The second kappa shape index (κ2) is 5.94. The SMILES string of the molecule is CCN(C)C(=O)[C@H]1[C@@H]2CN(C3CC4CCC(C3)N4c3nc(C)no3)C[C@@H]21. The fraction of sp³-hybridized carbons (Fsp3) is 0.842. The van der Waals surface area contributed by atoms with Crippen LogP contribution in [0.3, 0.4) is 0 Å². The number of fused-ring (bicyclic) bond motifs is 3. The van der Waals surface area contributed by atoms with E-state index < -0.39 is 0 Å². The molecule has 7 heteroatoms. The van der Waals surface area contributed by atoms with E-state index >= 15 is 0 Å². The van der Waals surface area contributed by atoms with Gasteiger partial charge in [-0.25, -0.2) is 0 Å². The Hall–Kier alpha value is -1.63. The molecule has 5 atom stereocenters. The Morgan fingerprint density at radius 1 is 1.19 bits per heavy atom. The number of hydrogen-bond donors (Lipinski definition) is 0. The largest absolute Gasteiger partial charge is 0.346 e. The van der Waals surface area contributed by atoms with E-state index in [0.717, 1.165) is 19.6 Å². The maximum atomic E-state index is 12.4. The van der Waals surface area contributed by atoms with Crippen LogP contribution >= 0.6 is 0 Å². The predicted octanol–water partition coefficient (Wildman–Crippen LogP) is 1.53. The van der Waals surface area contributed by atoms with Crippen LogP contribution in [0.25, 0.3) is 0 Å². The van der Waals surface area contributed by atoms with Crippen LogP contribution in [-0.2, 0) is 4.79 Å². The van der Waals surface area contributed by atoms with Crippen molar-refractivity contribution >= 4 is 11.9 Å². The lowest BCUT2D eigenvalue weighted by molar-refractivity contribution is -0.132. The number of nitrogens with zero attached hydrogens (tertiary/aromatic N) is 5. The molecule has 142 valence electrons.